The number of aryl methyl sites for hydroxylation is 1. The second kappa shape index (κ2) is 9.80. The molecule has 3 aromatic rings. The molecule has 1 aliphatic rings. The largest absolute Gasteiger partial charge is 0.348 e. The highest BCUT2D eigenvalue weighted by Crippen LogP contribution is 2.30. The predicted octanol–water partition coefficient (Wildman–Crippen LogP) is 4.80. The Labute approximate surface area is 200 Å². The molecule has 0 saturated carbocycles. The van der Waals surface area contributed by atoms with Crippen molar-refractivity contribution in [2.45, 2.75) is 45.3 Å². The van der Waals surface area contributed by atoms with Gasteiger partial charge in [-0.1, -0.05) is 47.7 Å². The van der Waals surface area contributed by atoms with Crippen LogP contribution in [-0.2, 0) is 11.3 Å². The molecule has 0 spiro atoms. The number of carbonyl (C=O) groups excluding carboxylic acids is 1. The van der Waals surface area contributed by atoms with Gasteiger partial charge in [-0.25, -0.2) is 4.98 Å². The minimum atomic E-state index is -0.182. The molecule has 0 radical (unpaired) electrons. The topological polar surface area (TPSA) is 80.1 Å². The average Bonchev–Trinajstić information content (AvgIpc) is 3.20. The summed E-state index contributed by atoms with van der Waals surface area (Å²) in [6.07, 6.45) is 2.26. The van der Waals surface area contributed by atoms with E-state index < -0.39 is 0 Å². The third-order valence-corrected chi connectivity index (χ3v) is 7.95. The van der Waals surface area contributed by atoms with Gasteiger partial charge >= 0.3 is 0 Å². The summed E-state index contributed by atoms with van der Waals surface area (Å²) >= 11 is 8.69. The molecule has 1 N–H and O–H groups in total. The summed E-state index contributed by atoms with van der Waals surface area (Å²) < 4.78 is 2.19. The van der Waals surface area contributed by atoms with Crippen molar-refractivity contribution in [2.24, 2.45) is 5.92 Å². The van der Waals surface area contributed by atoms with E-state index in [0.29, 0.717) is 32.8 Å². The highest BCUT2D eigenvalue weighted by atomic mass is 35.5. The Kier molecular flexibility index (Phi) is 7.07. The number of carbonyl (C=O) groups is 1. The van der Waals surface area contributed by atoms with Gasteiger partial charge in [-0.2, -0.15) is 4.98 Å². The molecule has 10 heteroatoms. The number of hydrogen-bond donors (Lipinski definition) is 1. The van der Waals surface area contributed by atoms with Gasteiger partial charge in [0, 0.05) is 30.3 Å². The number of halogens is 1. The Bertz CT molecular complexity index is 1200. The summed E-state index contributed by atoms with van der Waals surface area (Å²) in [7, 11) is 0. The van der Waals surface area contributed by atoms with E-state index in [0.717, 1.165) is 42.5 Å². The fraction of sp³-hybridized carbons (Fsp3) is 0.455. The van der Waals surface area contributed by atoms with Gasteiger partial charge in [0.2, 0.25) is 5.91 Å². The number of benzene rings is 1. The second-order valence-corrected chi connectivity index (χ2v) is 10.4. The number of thiazole rings is 1. The van der Waals surface area contributed by atoms with Crippen molar-refractivity contribution in [3.8, 4) is 0 Å². The van der Waals surface area contributed by atoms with E-state index >= 15 is 0 Å². The lowest BCUT2D eigenvalue weighted by Gasteiger charge is -2.29. The number of anilines is 2. The molecule has 4 rings (SSSR count). The van der Waals surface area contributed by atoms with Crippen LogP contribution in [0.2, 0.25) is 5.02 Å². The SMILES string of the molecule is CCn1c(SCC(=O)Nc2cc(Cl)ccc2C)nc2nc(N3CCC(C)CC3)sc2c1=O. The molecule has 32 heavy (non-hydrogen) atoms. The first-order valence-electron chi connectivity index (χ1n) is 10.7. The van der Waals surface area contributed by atoms with Crippen LogP contribution in [0.4, 0.5) is 10.8 Å². The Hall–Kier alpha value is -2.10. The van der Waals surface area contributed by atoms with Crippen LogP contribution in [0.15, 0.2) is 28.2 Å². The molecular formula is C22H26ClN5O2S2. The van der Waals surface area contributed by atoms with E-state index in [-0.39, 0.29) is 17.2 Å². The van der Waals surface area contributed by atoms with Crippen LogP contribution in [0.5, 0.6) is 0 Å². The van der Waals surface area contributed by atoms with Crippen molar-refractivity contribution < 1.29 is 4.79 Å². The van der Waals surface area contributed by atoms with E-state index in [1.54, 1.807) is 16.7 Å². The minimum Gasteiger partial charge on any atom is -0.348 e. The van der Waals surface area contributed by atoms with Crippen LogP contribution < -0.4 is 15.8 Å². The maximum Gasteiger partial charge on any atom is 0.273 e. The summed E-state index contributed by atoms with van der Waals surface area (Å²) in [5.74, 6) is 0.671. The molecule has 0 bridgehead atoms. The normalized spacial score (nSPS) is 14.8. The van der Waals surface area contributed by atoms with Crippen LogP contribution in [0.1, 0.15) is 32.3 Å². The predicted molar refractivity (Wildman–Crippen MR) is 134 cm³/mol. The number of nitrogens with zero attached hydrogens (tertiary/aromatic N) is 4. The lowest BCUT2D eigenvalue weighted by molar-refractivity contribution is -0.113. The first kappa shape index (κ1) is 23.1. The van der Waals surface area contributed by atoms with Gasteiger partial charge in [-0.15, -0.1) is 0 Å². The summed E-state index contributed by atoms with van der Waals surface area (Å²) in [6, 6.07) is 5.37. The van der Waals surface area contributed by atoms with Crippen LogP contribution in [0, 0.1) is 12.8 Å². The number of piperidine rings is 1. The maximum atomic E-state index is 13.1. The van der Waals surface area contributed by atoms with Crippen molar-refractivity contribution in [3.05, 3.63) is 39.1 Å². The first-order chi connectivity index (χ1) is 15.4. The molecule has 2 aromatic heterocycles. The van der Waals surface area contributed by atoms with Gasteiger partial charge < -0.3 is 10.2 Å². The van der Waals surface area contributed by atoms with Crippen LogP contribution in [0.3, 0.4) is 0 Å². The molecule has 1 saturated heterocycles. The monoisotopic (exact) mass is 491 g/mol. The van der Waals surface area contributed by atoms with E-state index in [2.05, 4.69) is 27.1 Å². The Morgan fingerprint density at radius 3 is 2.78 bits per heavy atom. The molecule has 0 unspecified atom stereocenters. The zero-order valence-electron chi connectivity index (χ0n) is 18.4. The number of aromatic nitrogens is 3. The number of fused-ring (bicyclic) bond motifs is 1. The van der Waals surface area contributed by atoms with Gasteiger partial charge in [-0.05, 0) is 50.3 Å². The molecule has 1 amide bonds. The minimum absolute atomic E-state index is 0.0970. The number of rotatable bonds is 6. The Morgan fingerprint density at radius 1 is 1.31 bits per heavy atom. The first-order valence-corrected chi connectivity index (χ1v) is 12.9. The fourth-order valence-electron chi connectivity index (χ4n) is 3.65. The van der Waals surface area contributed by atoms with E-state index in [1.807, 2.05) is 19.9 Å². The quantitative estimate of drug-likeness (QED) is 0.394. The van der Waals surface area contributed by atoms with Gasteiger partial charge in [-0.3, -0.25) is 14.2 Å². The summed E-state index contributed by atoms with van der Waals surface area (Å²) in [4.78, 5) is 37.2. The molecule has 3 heterocycles. The summed E-state index contributed by atoms with van der Waals surface area (Å²) in [5, 5.41) is 4.81. The lowest BCUT2D eigenvalue weighted by Crippen LogP contribution is -2.32. The number of nitrogens with one attached hydrogen (secondary N) is 1. The zero-order valence-corrected chi connectivity index (χ0v) is 20.7. The standard InChI is InChI=1S/C22H26ClN5O2S2/c1-4-28-20(30)18-19(25-21(32-18)27-9-7-13(2)8-10-27)26-22(28)31-12-17(29)24-16-11-15(23)6-5-14(16)3/h5-6,11,13H,4,7-10,12H2,1-3H3,(H,24,29). The molecule has 7 nitrogen and oxygen atoms in total. The van der Waals surface area contributed by atoms with Gasteiger partial charge in [0.25, 0.3) is 5.56 Å². The molecular weight excluding hydrogens is 466 g/mol. The third kappa shape index (κ3) is 4.94. The van der Waals surface area contributed by atoms with Gasteiger partial charge in [0.1, 0.15) is 4.70 Å². The Balaban J connectivity index is 1.53. The van der Waals surface area contributed by atoms with Crippen molar-refractivity contribution in [1.29, 1.82) is 0 Å². The van der Waals surface area contributed by atoms with Crippen LogP contribution >= 0.6 is 34.7 Å². The second-order valence-electron chi connectivity index (χ2n) is 8.06. The van der Waals surface area contributed by atoms with Crippen molar-refractivity contribution in [1.82, 2.24) is 14.5 Å². The number of hydrogen-bond acceptors (Lipinski definition) is 7. The number of amides is 1. The van der Waals surface area contributed by atoms with Crippen molar-refractivity contribution >= 4 is 61.8 Å². The molecule has 1 aliphatic heterocycles. The molecule has 0 atom stereocenters. The van der Waals surface area contributed by atoms with Gasteiger partial charge in [0.15, 0.2) is 15.9 Å². The maximum absolute atomic E-state index is 13.1. The molecule has 170 valence electrons. The average molecular weight is 492 g/mol. The number of thioether (sulfide) groups is 1. The van der Waals surface area contributed by atoms with Crippen LogP contribution in [-0.4, -0.2) is 39.3 Å². The summed E-state index contributed by atoms with van der Waals surface area (Å²) in [6.45, 7) is 8.47. The lowest BCUT2D eigenvalue weighted by atomic mass is 10.00. The summed E-state index contributed by atoms with van der Waals surface area (Å²) in [5.41, 5.74) is 1.98. The van der Waals surface area contributed by atoms with E-state index in [4.69, 9.17) is 11.6 Å². The Morgan fingerprint density at radius 2 is 2.06 bits per heavy atom. The van der Waals surface area contributed by atoms with Crippen molar-refractivity contribution in [2.75, 3.05) is 29.1 Å². The van der Waals surface area contributed by atoms with Crippen molar-refractivity contribution in [3.63, 3.8) is 0 Å². The fourth-order valence-corrected chi connectivity index (χ4v) is 5.68. The smallest absolute Gasteiger partial charge is 0.273 e. The zero-order chi connectivity index (χ0) is 22.8. The van der Waals surface area contributed by atoms with E-state index in [1.165, 1.54) is 23.1 Å². The highest BCUT2D eigenvalue weighted by Gasteiger charge is 2.22. The van der Waals surface area contributed by atoms with Crippen LogP contribution in [0.25, 0.3) is 10.3 Å². The van der Waals surface area contributed by atoms with E-state index in [9.17, 15) is 9.59 Å². The molecule has 1 aromatic carbocycles. The third-order valence-electron chi connectivity index (χ3n) is 5.65. The highest BCUT2D eigenvalue weighted by molar-refractivity contribution is 7.99. The van der Waals surface area contributed by atoms with Gasteiger partial charge in [0.05, 0.1) is 5.75 Å². The molecule has 0 aliphatic carbocycles. The molecule has 1 fully saturated rings.